The summed E-state index contributed by atoms with van der Waals surface area (Å²) in [5.41, 5.74) is -2.01. The minimum atomic E-state index is -4.57. The molecule has 2 aromatic carbocycles. The molecule has 1 aromatic heterocycles. The van der Waals surface area contributed by atoms with Gasteiger partial charge in [-0.05, 0) is 93.5 Å². The zero-order valence-electron chi connectivity index (χ0n) is 27.4. The van der Waals surface area contributed by atoms with Crippen LogP contribution in [-0.4, -0.2) is 47.2 Å². The number of ether oxygens (including phenoxy) is 2. The van der Waals surface area contributed by atoms with Gasteiger partial charge in [0.1, 0.15) is 5.69 Å². The second-order valence-corrected chi connectivity index (χ2v) is 12.6. The van der Waals surface area contributed by atoms with Crippen molar-refractivity contribution in [1.82, 2.24) is 9.55 Å². The predicted octanol–water partition coefficient (Wildman–Crippen LogP) is 7.33. The lowest BCUT2D eigenvalue weighted by molar-refractivity contribution is -0.384. The number of carbonyl (C=O) groups excluding carboxylic acids is 2. The first-order valence-electron chi connectivity index (χ1n) is 16.1. The monoisotopic (exact) mass is 716 g/mol. The SMILES string of the molecule is COC(=O)C1CCC(CNc2cc(C(F)(F)F)ccc2[N+](=O)[O-])CC1.COC(=O)C1CCC(Cn2c(=O)[nH]c3ccc(C(F)(F)F)cc32)CC1. The predicted molar refractivity (Wildman–Crippen MR) is 169 cm³/mol. The third-order valence-electron chi connectivity index (χ3n) is 9.41. The Morgan fingerprint density at radius 2 is 1.34 bits per heavy atom. The van der Waals surface area contributed by atoms with Crippen molar-refractivity contribution in [3.05, 3.63) is 68.1 Å². The number of hydrogen-bond donors (Lipinski definition) is 2. The van der Waals surface area contributed by atoms with Crippen LogP contribution in [0.1, 0.15) is 62.5 Å². The number of benzene rings is 2. The largest absolute Gasteiger partial charge is 0.469 e. The van der Waals surface area contributed by atoms with Crippen LogP contribution in [0.4, 0.5) is 37.7 Å². The van der Waals surface area contributed by atoms with Crippen LogP contribution in [0.5, 0.6) is 0 Å². The third-order valence-corrected chi connectivity index (χ3v) is 9.41. The van der Waals surface area contributed by atoms with Crippen molar-refractivity contribution in [3.8, 4) is 0 Å². The van der Waals surface area contributed by atoms with Crippen LogP contribution in [0.2, 0.25) is 0 Å². The normalized spacial score (nSPS) is 21.1. The van der Waals surface area contributed by atoms with Crippen LogP contribution in [0.25, 0.3) is 11.0 Å². The number of nitrogens with zero attached hydrogens (tertiary/aromatic N) is 2. The molecule has 11 nitrogen and oxygen atoms in total. The minimum absolute atomic E-state index is 0.127. The van der Waals surface area contributed by atoms with E-state index in [0.29, 0.717) is 63.2 Å². The van der Waals surface area contributed by atoms with Crippen LogP contribution < -0.4 is 11.0 Å². The average molecular weight is 717 g/mol. The highest BCUT2D eigenvalue weighted by molar-refractivity contribution is 5.76. The molecule has 2 saturated carbocycles. The van der Waals surface area contributed by atoms with Gasteiger partial charge in [0.05, 0.1) is 53.1 Å². The van der Waals surface area contributed by atoms with E-state index in [4.69, 9.17) is 9.47 Å². The number of carbonyl (C=O) groups is 2. The Morgan fingerprint density at radius 3 is 1.84 bits per heavy atom. The molecule has 5 rings (SSSR count). The standard InChI is InChI=1S/C17H19F3N2O3.C16H19F3N2O4/c1-25-15(23)11-4-2-10(3-5-11)9-22-14-8-12(17(18,19)20)6-7-13(14)21-16(22)24;1-25-15(22)11-4-2-10(3-5-11)9-20-13-8-12(16(17,18)19)6-7-14(13)21(23)24/h6-8,10-11H,2-5,9H2,1H3,(H,21,24);6-8,10-11,20H,2-5,9H2,1H3. The molecular formula is C33H38F6N4O7. The number of fused-ring (bicyclic) bond motifs is 1. The zero-order valence-corrected chi connectivity index (χ0v) is 27.4. The molecule has 2 N–H and O–H groups in total. The molecule has 50 heavy (non-hydrogen) atoms. The summed E-state index contributed by atoms with van der Waals surface area (Å²) in [4.78, 5) is 48.1. The van der Waals surface area contributed by atoms with Gasteiger partial charge in [-0.2, -0.15) is 26.3 Å². The molecule has 0 aliphatic heterocycles. The van der Waals surface area contributed by atoms with E-state index in [0.717, 1.165) is 37.1 Å². The quantitative estimate of drug-likeness (QED) is 0.107. The first kappa shape index (κ1) is 38.2. The second kappa shape index (κ2) is 16.0. The zero-order chi connectivity index (χ0) is 36.8. The van der Waals surface area contributed by atoms with Gasteiger partial charge in [0.2, 0.25) is 0 Å². The summed E-state index contributed by atoms with van der Waals surface area (Å²) in [6.45, 7) is 0.657. The molecule has 274 valence electrons. The number of methoxy groups -OCH3 is 2. The van der Waals surface area contributed by atoms with Gasteiger partial charge < -0.3 is 19.8 Å². The van der Waals surface area contributed by atoms with Crippen molar-refractivity contribution in [2.75, 3.05) is 26.1 Å². The summed E-state index contributed by atoms with van der Waals surface area (Å²) in [6, 6.07) is 5.57. The minimum Gasteiger partial charge on any atom is -0.469 e. The molecule has 17 heteroatoms. The molecule has 1 heterocycles. The van der Waals surface area contributed by atoms with Crippen molar-refractivity contribution >= 4 is 34.3 Å². The number of imidazole rings is 1. The van der Waals surface area contributed by atoms with Gasteiger partial charge >= 0.3 is 30.0 Å². The van der Waals surface area contributed by atoms with E-state index in [-0.39, 0.29) is 46.8 Å². The molecule has 2 aliphatic carbocycles. The topological polar surface area (TPSA) is 146 Å². The van der Waals surface area contributed by atoms with Gasteiger partial charge in [0.25, 0.3) is 5.69 Å². The van der Waals surface area contributed by atoms with Gasteiger partial charge in [-0.15, -0.1) is 0 Å². The molecule has 2 fully saturated rings. The summed E-state index contributed by atoms with van der Waals surface area (Å²) in [5, 5.41) is 13.8. The Kier molecular flexibility index (Phi) is 12.2. The highest BCUT2D eigenvalue weighted by Gasteiger charge is 2.34. The van der Waals surface area contributed by atoms with Gasteiger partial charge in [-0.1, -0.05) is 0 Å². The number of esters is 2. The Hall–Kier alpha value is -4.57. The van der Waals surface area contributed by atoms with E-state index >= 15 is 0 Å². The number of aromatic amines is 1. The fourth-order valence-corrected chi connectivity index (χ4v) is 6.55. The number of rotatable bonds is 8. The van der Waals surface area contributed by atoms with Crippen molar-refractivity contribution in [3.63, 3.8) is 0 Å². The number of aromatic nitrogens is 2. The van der Waals surface area contributed by atoms with Gasteiger partial charge in [-0.25, -0.2) is 4.79 Å². The highest BCUT2D eigenvalue weighted by atomic mass is 19.4. The molecule has 0 unspecified atom stereocenters. The first-order chi connectivity index (χ1) is 23.5. The molecule has 0 radical (unpaired) electrons. The maximum absolute atomic E-state index is 12.9. The molecular weight excluding hydrogens is 678 g/mol. The fourth-order valence-electron chi connectivity index (χ4n) is 6.55. The van der Waals surface area contributed by atoms with Crippen LogP contribution >= 0.6 is 0 Å². The summed E-state index contributed by atoms with van der Waals surface area (Å²) in [5.74, 6) is -0.471. The van der Waals surface area contributed by atoms with Crippen molar-refractivity contribution in [1.29, 1.82) is 0 Å². The van der Waals surface area contributed by atoms with Gasteiger partial charge in [0, 0.05) is 19.2 Å². The number of hydrogen-bond acceptors (Lipinski definition) is 8. The number of nitrogens with one attached hydrogen (secondary N) is 2. The Balaban J connectivity index is 0.000000225. The Bertz CT molecular complexity index is 1720. The third kappa shape index (κ3) is 9.56. The molecule has 0 saturated heterocycles. The first-order valence-corrected chi connectivity index (χ1v) is 16.1. The number of anilines is 1. The summed E-state index contributed by atoms with van der Waals surface area (Å²) in [7, 11) is 2.70. The van der Waals surface area contributed by atoms with E-state index in [2.05, 4.69) is 10.3 Å². The van der Waals surface area contributed by atoms with Crippen LogP contribution in [0, 0.1) is 33.8 Å². The lowest BCUT2D eigenvalue weighted by Crippen LogP contribution is -2.27. The molecule has 3 aromatic rings. The van der Waals surface area contributed by atoms with E-state index < -0.39 is 39.8 Å². The van der Waals surface area contributed by atoms with Crippen LogP contribution in [0.3, 0.4) is 0 Å². The van der Waals surface area contributed by atoms with Gasteiger partial charge in [0.15, 0.2) is 0 Å². The number of nitro groups is 1. The fraction of sp³-hybridized carbons (Fsp3) is 0.545. The molecule has 0 spiro atoms. The Labute approximate surface area is 282 Å². The molecule has 0 atom stereocenters. The van der Waals surface area contributed by atoms with Gasteiger partial charge in [-0.3, -0.25) is 24.3 Å². The van der Waals surface area contributed by atoms with E-state index in [9.17, 15) is 50.8 Å². The number of alkyl halides is 6. The van der Waals surface area contributed by atoms with Crippen molar-refractivity contribution < 1.29 is 50.3 Å². The molecule has 2 aliphatic rings. The lowest BCUT2D eigenvalue weighted by atomic mass is 9.82. The maximum Gasteiger partial charge on any atom is 0.416 e. The highest BCUT2D eigenvalue weighted by Crippen LogP contribution is 2.37. The lowest BCUT2D eigenvalue weighted by Gasteiger charge is -2.27. The van der Waals surface area contributed by atoms with E-state index in [1.165, 1.54) is 24.9 Å². The second-order valence-electron chi connectivity index (χ2n) is 12.6. The number of nitro benzene ring substituents is 1. The van der Waals surface area contributed by atoms with Crippen LogP contribution in [-0.2, 0) is 38.0 Å². The summed E-state index contributed by atoms with van der Waals surface area (Å²) < 4.78 is 88.0. The number of halogens is 6. The van der Waals surface area contributed by atoms with E-state index in [1.807, 2.05) is 0 Å². The molecule has 0 bridgehead atoms. The van der Waals surface area contributed by atoms with Crippen LogP contribution in [0.15, 0.2) is 41.2 Å². The van der Waals surface area contributed by atoms with Crippen molar-refractivity contribution in [2.45, 2.75) is 70.3 Å². The summed E-state index contributed by atoms with van der Waals surface area (Å²) >= 11 is 0. The number of H-pyrrole nitrogens is 1. The summed E-state index contributed by atoms with van der Waals surface area (Å²) in [6.07, 6.45) is -3.51. The van der Waals surface area contributed by atoms with E-state index in [1.54, 1.807) is 0 Å². The smallest absolute Gasteiger partial charge is 0.416 e. The molecule has 0 amide bonds. The average Bonchev–Trinajstić information content (AvgIpc) is 3.40. The van der Waals surface area contributed by atoms with Crippen molar-refractivity contribution in [2.24, 2.45) is 23.7 Å². The maximum atomic E-state index is 12.9. The Morgan fingerprint density at radius 1 is 0.840 bits per heavy atom.